The average Bonchev–Trinajstić information content (AvgIpc) is 2.62. The summed E-state index contributed by atoms with van der Waals surface area (Å²) in [6.45, 7) is 7.48. The number of hydrogen-bond acceptors (Lipinski definition) is 4. The van der Waals surface area contributed by atoms with Crippen molar-refractivity contribution in [2.75, 3.05) is 13.2 Å². The number of imide groups is 1. The van der Waals surface area contributed by atoms with Gasteiger partial charge in [-0.1, -0.05) is 38.1 Å². The summed E-state index contributed by atoms with van der Waals surface area (Å²) in [5, 5.41) is 8.91. The van der Waals surface area contributed by atoms with Crippen LogP contribution in [0.4, 0.5) is 9.59 Å². The molecule has 7 heteroatoms. The smallest absolute Gasteiger partial charge is 0.328 e. The van der Waals surface area contributed by atoms with Gasteiger partial charge in [0.05, 0.1) is 0 Å². The number of urea groups is 2. The molecule has 4 amide bonds. The van der Waals surface area contributed by atoms with Crippen LogP contribution in [-0.2, 0) is 4.74 Å². The maximum Gasteiger partial charge on any atom is 0.328 e. The molecular formula is C19H28N4O3. The van der Waals surface area contributed by atoms with Crippen molar-refractivity contribution in [3.8, 4) is 0 Å². The zero-order chi connectivity index (χ0) is 18.7. The highest BCUT2D eigenvalue weighted by molar-refractivity contribution is 5.96. The van der Waals surface area contributed by atoms with Gasteiger partial charge in [0, 0.05) is 25.3 Å². The molecule has 2 fully saturated rings. The van der Waals surface area contributed by atoms with Gasteiger partial charge in [0.1, 0.15) is 0 Å². The molecule has 7 nitrogen and oxygen atoms in total. The van der Waals surface area contributed by atoms with Gasteiger partial charge in [0.25, 0.3) is 0 Å². The molecular weight excluding hydrogens is 332 g/mol. The summed E-state index contributed by atoms with van der Waals surface area (Å²) in [6.07, 6.45) is 0.764. The van der Waals surface area contributed by atoms with Crippen molar-refractivity contribution in [1.82, 2.24) is 20.9 Å². The number of nitrogens with zero attached hydrogens (tertiary/aromatic N) is 1. The van der Waals surface area contributed by atoms with E-state index in [9.17, 15) is 9.59 Å². The Morgan fingerprint density at radius 3 is 2.08 bits per heavy atom. The van der Waals surface area contributed by atoms with Gasteiger partial charge in [-0.05, 0) is 36.8 Å². The van der Waals surface area contributed by atoms with Crippen LogP contribution in [0.15, 0.2) is 24.3 Å². The topological polar surface area (TPSA) is 82.7 Å². The molecule has 1 aromatic carbocycles. The summed E-state index contributed by atoms with van der Waals surface area (Å²) in [4.78, 5) is 26.1. The molecule has 3 N–H and O–H groups in total. The minimum atomic E-state index is -0.592. The Bertz CT molecular complexity index is 623. The third kappa shape index (κ3) is 4.16. The number of carbonyl (C=O) groups excluding carboxylic acids is 2. The standard InChI is InChI=1S/C19H28N4O3/c1-12(2)14-4-6-15(7-5-14)13(3)20-17-21-18(24)23(19(25)22-17)16-8-10-26-11-9-16/h4-7,12-13,16-17,20H,8-11H2,1-3H3,(H,21,24)(H,22,25)/t13-/m0/s1. The van der Waals surface area contributed by atoms with E-state index in [1.54, 1.807) is 0 Å². The number of nitrogens with one attached hydrogen (secondary N) is 3. The fourth-order valence-corrected chi connectivity index (χ4v) is 3.39. The van der Waals surface area contributed by atoms with E-state index in [4.69, 9.17) is 4.74 Å². The van der Waals surface area contributed by atoms with E-state index >= 15 is 0 Å². The molecule has 0 saturated carbocycles. The Labute approximate surface area is 154 Å². The van der Waals surface area contributed by atoms with Crippen molar-refractivity contribution in [2.45, 2.75) is 57.9 Å². The van der Waals surface area contributed by atoms with E-state index in [0.717, 1.165) is 5.56 Å². The molecule has 2 heterocycles. The number of amides is 4. The molecule has 0 aliphatic carbocycles. The lowest BCUT2D eigenvalue weighted by Gasteiger charge is -2.39. The predicted molar refractivity (Wildman–Crippen MR) is 98.6 cm³/mol. The first-order valence-electron chi connectivity index (χ1n) is 9.29. The van der Waals surface area contributed by atoms with Crippen LogP contribution in [0.1, 0.15) is 56.7 Å². The van der Waals surface area contributed by atoms with Gasteiger partial charge < -0.3 is 15.4 Å². The van der Waals surface area contributed by atoms with Gasteiger partial charge in [-0.15, -0.1) is 0 Å². The molecule has 0 radical (unpaired) electrons. The Kier molecular flexibility index (Phi) is 5.78. The lowest BCUT2D eigenvalue weighted by Crippen LogP contribution is -2.70. The molecule has 2 saturated heterocycles. The fraction of sp³-hybridized carbons (Fsp3) is 0.579. The Balaban J connectivity index is 1.59. The van der Waals surface area contributed by atoms with E-state index in [1.807, 2.05) is 6.92 Å². The second kappa shape index (κ2) is 8.05. The van der Waals surface area contributed by atoms with E-state index in [2.05, 4.69) is 54.1 Å². The van der Waals surface area contributed by atoms with Crippen LogP contribution in [-0.4, -0.2) is 42.5 Å². The molecule has 2 aliphatic heterocycles. The minimum absolute atomic E-state index is 0.0172. The van der Waals surface area contributed by atoms with Crippen LogP contribution in [0, 0.1) is 0 Å². The van der Waals surface area contributed by atoms with Gasteiger partial charge in [0.15, 0.2) is 6.29 Å². The summed E-state index contributed by atoms with van der Waals surface area (Å²) >= 11 is 0. The molecule has 1 aromatic rings. The number of ether oxygens (including phenoxy) is 1. The highest BCUT2D eigenvalue weighted by atomic mass is 16.5. The molecule has 26 heavy (non-hydrogen) atoms. The van der Waals surface area contributed by atoms with Gasteiger partial charge in [-0.2, -0.15) is 0 Å². The second-order valence-corrected chi connectivity index (χ2v) is 7.26. The van der Waals surface area contributed by atoms with Gasteiger partial charge >= 0.3 is 12.1 Å². The normalized spacial score (nSPS) is 20.8. The summed E-state index contributed by atoms with van der Waals surface area (Å²) in [6, 6.07) is 7.54. The van der Waals surface area contributed by atoms with Crippen LogP contribution >= 0.6 is 0 Å². The quantitative estimate of drug-likeness (QED) is 0.754. The summed E-state index contributed by atoms with van der Waals surface area (Å²) in [5.41, 5.74) is 2.39. The first-order valence-corrected chi connectivity index (χ1v) is 9.29. The molecule has 0 spiro atoms. The highest BCUT2D eigenvalue weighted by Crippen LogP contribution is 2.20. The van der Waals surface area contributed by atoms with E-state index < -0.39 is 6.29 Å². The molecule has 2 aliphatic rings. The summed E-state index contributed by atoms with van der Waals surface area (Å²) in [7, 11) is 0. The van der Waals surface area contributed by atoms with Crippen LogP contribution in [0.25, 0.3) is 0 Å². The van der Waals surface area contributed by atoms with Crippen LogP contribution < -0.4 is 16.0 Å². The zero-order valence-electron chi connectivity index (χ0n) is 15.6. The monoisotopic (exact) mass is 360 g/mol. The third-order valence-corrected chi connectivity index (χ3v) is 5.05. The SMILES string of the molecule is CC(C)c1ccc([C@H](C)NC2NC(=O)N(C3CCOCC3)C(=O)N2)cc1. The molecule has 0 unspecified atom stereocenters. The number of rotatable bonds is 5. The van der Waals surface area contributed by atoms with Crippen molar-refractivity contribution in [1.29, 1.82) is 0 Å². The molecule has 0 bridgehead atoms. The van der Waals surface area contributed by atoms with Crippen LogP contribution in [0.3, 0.4) is 0 Å². The molecule has 1 atom stereocenters. The van der Waals surface area contributed by atoms with Gasteiger partial charge in [-0.3, -0.25) is 5.32 Å². The van der Waals surface area contributed by atoms with E-state index in [-0.39, 0.29) is 24.1 Å². The first kappa shape index (κ1) is 18.7. The van der Waals surface area contributed by atoms with Crippen molar-refractivity contribution >= 4 is 12.1 Å². The average molecular weight is 360 g/mol. The highest BCUT2D eigenvalue weighted by Gasteiger charge is 2.37. The van der Waals surface area contributed by atoms with E-state index in [1.165, 1.54) is 10.5 Å². The van der Waals surface area contributed by atoms with Crippen molar-refractivity contribution in [3.63, 3.8) is 0 Å². The Hall–Kier alpha value is -2.12. The molecule has 3 rings (SSSR count). The maximum absolute atomic E-state index is 12.4. The minimum Gasteiger partial charge on any atom is -0.381 e. The lowest BCUT2D eigenvalue weighted by molar-refractivity contribution is 0.0492. The number of carbonyl (C=O) groups is 2. The van der Waals surface area contributed by atoms with Crippen molar-refractivity contribution < 1.29 is 14.3 Å². The van der Waals surface area contributed by atoms with Crippen molar-refractivity contribution in [3.05, 3.63) is 35.4 Å². The van der Waals surface area contributed by atoms with Gasteiger partial charge in [-0.25, -0.2) is 14.5 Å². The predicted octanol–water partition coefficient (Wildman–Crippen LogP) is 2.66. The van der Waals surface area contributed by atoms with E-state index in [0.29, 0.717) is 32.0 Å². The fourth-order valence-electron chi connectivity index (χ4n) is 3.39. The largest absolute Gasteiger partial charge is 0.381 e. The Morgan fingerprint density at radius 1 is 1.00 bits per heavy atom. The Morgan fingerprint density at radius 2 is 1.54 bits per heavy atom. The summed E-state index contributed by atoms with van der Waals surface area (Å²) < 4.78 is 5.30. The first-order chi connectivity index (χ1) is 12.5. The number of benzene rings is 1. The van der Waals surface area contributed by atoms with Gasteiger partial charge in [0.2, 0.25) is 0 Å². The third-order valence-electron chi connectivity index (χ3n) is 5.05. The number of hydrogen-bond donors (Lipinski definition) is 3. The van der Waals surface area contributed by atoms with Crippen LogP contribution in [0.2, 0.25) is 0 Å². The summed E-state index contributed by atoms with van der Waals surface area (Å²) in [5.74, 6) is 0.486. The lowest BCUT2D eigenvalue weighted by atomic mass is 9.99. The maximum atomic E-state index is 12.4. The second-order valence-electron chi connectivity index (χ2n) is 7.26. The van der Waals surface area contributed by atoms with Crippen molar-refractivity contribution in [2.24, 2.45) is 0 Å². The molecule has 0 aromatic heterocycles. The van der Waals surface area contributed by atoms with Crippen LogP contribution in [0.5, 0.6) is 0 Å². The zero-order valence-corrected chi connectivity index (χ0v) is 15.6. The molecule has 142 valence electrons.